The van der Waals surface area contributed by atoms with Gasteiger partial charge >= 0.3 is 0 Å². The zero-order valence-electron chi connectivity index (χ0n) is 8.75. The van der Waals surface area contributed by atoms with Gasteiger partial charge < -0.3 is 5.11 Å². The first-order valence-corrected chi connectivity index (χ1v) is 4.76. The van der Waals surface area contributed by atoms with Crippen molar-refractivity contribution >= 4 is 0 Å². The molecule has 0 saturated heterocycles. The summed E-state index contributed by atoms with van der Waals surface area (Å²) >= 11 is 0. The molecule has 0 amide bonds. The first-order valence-electron chi connectivity index (χ1n) is 4.76. The van der Waals surface area contributed by atoms with Crippen LogP contribution in [0.1, 0.15) is 22.9 Å². The highest BCUT2D eigenvalue weighted by molar-refractivity contribution is 5.22. The highest BCUT2D eigenvalue weighted by Gasteiger charge is 2.12. The van der Waals surface area contributed by atoms with Crippen molar-refractivity contribution in [2.75, 3.05) is 0 Å². The van der Waals surface area contributed by atoms with E-state index in [1.807, 2.05) is 26.1 Å². The van der Waals surface area contributed by atoms with E-state index in [9.17, 15) is 5.11 Å². The molecule has 0 aliphatic carbocycles. The molecule has 0 aliphatic rings. The largest absolute Gasteiger partial charge is 0.382 e. The predicted molar refractivity (Wildman–Crippen MR) is 56.2 cm³/mol. The van der Waals surface area contributed by atoms with E-state index in [1.54, 1.807) is 23.3 Å². The zero-order valence-corrected chi connectivity index (χ0v) is 8.75. The van der Waals surface area contributed by atoms with Gasteiger partial charge in [-0.3, -0.25) is 9.67 Å². The third-order valence-electron chi connectivity index (χ3n) is 2.25. The quantitative estimate of drug-likeness (QED) is 0.798. The standard InChI is InChI=1S/C11H13N3O/c1-8-3-4-10(12-5-8)11(15)9-6-13-14(2)7-9/h3-7,11,15H,1-2H3. The molecule has 4 nitrogen and oxygen atoms in total. The van der Waals surface area contributed by atoms with Crippen molar-refractivity contribution in [3.8, 4) is 0 Å². The lowest BCUT2D eigenvalue weighted by atomic mass is 10.1. The minimum absolute atomic E-state index is 0.647. The maximum Gasteiger partial charge on any atom is 0.124 e. The Labute approximate surface area is 88.2 Å². The molecule has 0 fully saturated rings. The molecule has 1 N–H and O–H groups in total. The minimum atomic E-state index is -0.695. The summed E-state index contributed by atoms with van der Waals surface area (Å²) < 4.78 is 1.66. The molecule has 2 rings (SSSR count). The van der Waals surface area contributed by atoms with Crippen LogP contribution in [0.4, 0.5) is 0 Å². The molecule has 2 aromatic heterocycles. The van der Waals surface area contributed by atoms with E-state index in [0.717, 1.165) is 11.1 Å². The normalized spacial score (nSPS) is 12.7. The van der Waals surface area contributed by atoms with Gasteiger partial charge in [0.05, 0.1) is 11.9 Å². The fraction of sp³-hybridized carbons (Fsp3) is 0.273. The highest BCUT2D eigenvalue weighted by Crippen LogP contribution is 2.18. The smallest absolute Gasteiger partial charge is 0.124 e. The lowest BCUT2D eigenvalue weighted by Crippen LogP contribution is -2.01. The second kappa shape index (κ2) is 3.82. The van der Waals surface area contributed by atoms with Crippen LogP contribution in [0.25, 0.3) is 0 Å². The summed E-state index contributed by atoms with van der Waals surface area (Å²) in [4.78, 5) is 4.18. The Morgan fingerprint density at radius 1 is 1.33 bits per heavy atom. The van der Waals surface area contributed by atoms with Crippen molar-refractivity contribution in [2.24, 2.45) is 7.05 Å². The van der Waals surface area contributed by atoms with Crippen molar-refractivity contribution in [1.82, 2.24) is 14.8 Å². The summed E-state index contributed by atoms with van der Waals surface area (Å²) in [5.74, 6) is 0. The SMILES string of the molecule is Cc1ccc(C(O)c2cnn(C)c2)nc1. The molecule has 0 bridgehead atoms. The lowest BCUT2D eigenvalue weighted by molar-refractivity contribution is 0.215. The van der Waals surface area contributed by atoms with E-state index in [0.29, 0.717) is 5.69 Å². The summed E-state index contributed by atoms with van der Waals surface area (Å²) in [6.07, 6.45) is 4.48. The van der Waals surface area contributed by atoms with Gasteiger partial charge in [-0.1, -0.05) is 6.07 Å². The van der Waals surface area contributed by atoms with Crippen molar-refractivity contribution < 1.29 is 5.11 Å². The van der Waals surface area contributed by atoms with Gasteiger partial charge in [0.1, 0.15) is 6.10 Å². The topological polar surface area (TPSA) is 50.9 Å². The van der Waals surface area contributed by atoms with Crippen molar-refractivity contribution in [2.45, 2.75) is 13.0 Å². The maximum absolute atomic E-state index is 9.98. The monoisotopic (exact) mass is 203 g/mol. The molecule has 0 spiro atoms. The van der Waals surface area contributed by atoms with Crippen LogP contribution in [-0.4, -0.2) is 19.9 Å². The van der Waals surface area contributed by atoms with Crippen LogP contribution in [0.5, 0.6) is 0 Å². The van der Waals surface area contributed by atoms with Gasteiger partial charge in [-0.15, -0.1) is 0 Å². The summed E-state index contributed by atoms with van der Waals surface area (Å²) in [7, 11) is 1.82. The summed E-state index contributed by atoms with van der Waals surface area (Å²) in [6, 6.07) is 3.76. The average Bonchev–Trinajstić information content (AvgIpc) is 2.65. The van der Waals surface area contributed by atoms with Gasteiger partial charge in [-0.2, -0.15) is 5.10 Å². The van der Waals surface area contributed by atoms with Gasteiger partial charge in [0.25, 0.3) is 0 Å². The van der Waals surface area contributed by atoms with Crippen LogP contribution in [0, 0.1) is 6.92 Å². The average molecular weight is 203 g/mol. The molecule has 0 aromatic carbocycles. The number of pyridine rings is 1. The van der Waals surface area contributed by atoms with Crippen LogP contribution in [0.15, 0.2) is 30.7 Å². The second-order valence-electron chi connectivity index (χ2n) is 3.61. The maximum atomic E-state index is 9.98. The Hall–Kier alpha value is -1.68. The molecule has 4 heteroatoms. The fourth-order valence-corrected chi connectivity index (χ4v) is 1.39. The molecule has 15 heavy (non-hydrogen) atoms. The molecule has 0 saturated carbocycles. The summed E-state index contributed by atoms with van der Waals surface area (Å²) in [6.45, 7) is 1.97. The Balaban J connectivity index is 2.28. The van der Waals surface area contributed by atoms with Crippen LogP contribution in [-0.2, 0) is 7.05 Å². The van der Waals surface area contributed by atoms with Crippen molar-refractivity contribution in [3.05, 3.63) is 47.5 Å². The van der Waals surface area contributed by atoms with Crippen LogP contribution < -0.4 is 0 Å². The lowest BCUT2D eigenvalue weighted by Gasteiger charge is -2.07. The molecule has 1 unspecified atom stereocenters. The first kappa shape index (κ1) is 9.86. The zero-order chi connectivity index (χ0) is 10.8. The third kappa shape index (κ3) is 2.05. The Bertz CT molecular complexity index is 447. The van der Waals surface area contributed by atoms with E-state index < -0.39 is 6.10 Å². The Kier molecular flexibility index (Phi) is 2.51. The van der Waals surface area contributed by atoms with Crippen molar-refractivity contribution in [1.29, 1.82) is 0 Å². The van der Waals surface area contributed by atoms with Gasteiger partial charge in [0.2, 0.25) is 0 Å². The molecule has 78 valence electrons. The van der Waals surface area contributed by atoms with Gasteiger partial charge in [-0.05, 0) is 18.6 Å². The van der Waals surface area contributed by atoms with Crippen LogP contribution in [0.3, 0.4) is 0 Å². The predicted octanol–water partition coefficient (Wildman–Crippen LogP) is 1.21. The molecule has 2 aromatic rings. The molecular formula is C11H13N3O. The number of nitrogens with zero attached hydrogens (tertiary/aromatic N) is 3. The van der Waals surface area contributed by atoms with Crippen LogP contribution in [0.2, 0.25) is 0 Å². The minimum Gasteiger partial charge on any atom is -0.382 e. The van der Waals surface area contributed by atoms with E-state index in [2.05, 4.69) is 10.1 Å². The summed E-state index contributed by atoms with van der Waals surface area (Å²) in [5.41, 5.74) is 2.49. The number of aromatic nitrogens is 3. The molecule has 0 aliphatic heterocycles. The van der Waals surface area contributed by atoms with E-state index in [1.165, 1.54) is 0 Å². The Morgan fingerprint density at radius 3 is 2.67 bits per heavy atom. The van der Waals surface area contributed by atoms with Gasteiger partial charge in [0, 0.05) is 25.0 Å². The number of hydrogen-bond acceptors (Lipinski definition) is 3. The van der Waals surface area contributed by atoms with Gasteiger partial charge in [-0.25, -0.2) is 0 Å². The molecule has 1 atom stereocenters. The van der Waals surface area contributed by atoms with E-state index in [-0.39, 0.29) is 0 Å². The third-order valence-corrected chi connectivity index (χ3v) is 2.25. The molecule has 0 radical (unpaired) electrons. The number of aliphatic hydroxyl groups excluding tert-OH is 1. The Morgan fingerprint density at radius 2 is 2.13 bits per heavy atom. The van der Waals surface area contributed by atoms with Gasteiger partial charge in [0.15, 0.2) is 0 Å². The fourth-order valence-electron chi connectivity index (χ4n) is 1.39. The molecule has 2 heterocycles. The number of aliphatic hydroxyl groups is 1. The highest BCUT2D eigenvalue weighted by atomic mass is 16.3. The van der Waals surface area contributed by atoms with E-state index >= 15 is 0 Å². The molecular weight excluding hydrogens is 190 g/mol. The second-order valence-corrected chi connectivity index (χ2v) is 3.61. The summed E-state index contributed by atoms with van der Waals surface area (Å²) in [5, 5.41) is 14.0. The number of aryl methyl sites for hydroxylation is 2. The van der Waals surface area contributed by atoms with E-state index in [4.69, 9.17) is 0 Å². The number of rotatable bonds is 2. The van der Waals surface area contributed by atoms with Crippen LogP contribution >= 0.6 is 0 Å². The first-order chi connectivity index (χ1) is 7.16. The number of hydrogen-bond donors (Lipinski definition) is 1. The van der Waals surface area contributed by atoms with Crippen molar-refractivity contribution in [3.63, 3.8) is 0 Å².